The van der Waals surface area contributed by atoms with Crippen molar-refractivity contribution < 1.29 is 9.59 Å². The minimum absolute atomic E-state index is 0.119. The smallest absolute Gasteiger partial charge is 0.269 e. The highest BCUT2D eigenvalue weighted by atomic mass is 32.1. The summed E-state index contributed by atoms with van der Waals surface area (Å²) in [7, 11) is 0. The second-order valence-electron chi connectivity index (χ2n) is 6.40. The van der Waals surface area contributed by atoms with E-state index >= 15 is 0 Å². The molecule has 4 rings (SSSR count). The highest BCUT2D eigenvalue weighted by Gasteiger charge is 2.18. The molecule has 0 unspecified atom stereocenters. The second kappa shape index (κ2) is 8.52. The molecule has 2 N–H and O–H groups in total. The van der Waals surface area contributed by atoms with Crippen LogP contribution in [0, 0.1) is 6.92 Å². The van der Waals surface area contributed by atoms with E-state index in [1.807, 2.05) is 54.8 Å². The predicted molar refractivity (Wildman–Crippen MR) is 120 cm³/mol. The van der Waals surface area contributed by atoms with Crippen molar-refractivity contribution in [1.29, 1.82) is 0 Å². The number of nitrogens with one attached hydrogen (secondary N) is 2. The minimum atomic E-state index is -0.242. The largest absolute Gasteiger partial charge is 0.326 e. The first kappa shape index (κ1) is 19.9. The van der Waals surface area contributed by atoms with Crippen molar-refractivity contribution in [2.75, 3.05) is 10.6 Å². The van der Waals surface area contributed by atoms with E-state index in [9.17, 15) is 9.59 Å². The molecule has 9 heteroatoms. The molecule has 2 amide bonds. The Balaban J connectivity index is 1.48. The van der Waals surface area contributed by atoms with Gasteiger partial charge in [-0.25, -0.2) is 9.97 Å². The standard InChI is InChI=1S/C21H17N5O2S2/c1-12-18(30-20(23-12)16-5-3-4-10-22-16)19(28)26-21-25-17(11-29-21)14-6-8-15(9-7-14)24-13(2)27/h3-11H,1-2H3,(H,24,27)(H,25,26,28). The molecule has 0 spiro atoms. The quantitative estimate of drug-likeness (QED) is 0.467. The fourth-order valence-electron chi connectivity index (χ4n) is 2.75. The van der Waals surface area contributed by atoms with Crippen LogP contribution in [-0.2, 0) is 4.79 Å². The van der Waals surface area contributed by atoms with Crippen molar-refractivity contribution in [3.8, 4) is 22.0 Å². The Hall–Kier alpha value is -3.43. The summed E-state index contributed by atoms with van der Waals surface area (Å²) in [4.78, 5) is 37.7. The van der Waals surface area contributed by atoms with Crippen LogP contribution >= 0.6 is 22.7 Å². The average molecular weight is 436 g/mol. The third-order valence-corrected chi connectivity index (χ3v) is 6.05. The molecule has 0 aliphatic rings. The summed E-state index contributed by atoms with van der Waals surface area (Å²) in [5.41, 5.74) is 3.76. The molecule has 3 aromatic heterocycles. The molecule has 3 heterocycles. The number of hydrogen-bond acceptors (Lipinski definition) is 7. The molecular formula is C21H17N5O2S2. The van der Waals surface area contributed by atoms with E-state index in [1.54, 1.807) is 6.20 Å². The summed E-state index contributed by atoms with van der Waals surface area (Å²) < 4.78 is 0. The third-order valence-electron chi connectivity index (χ3n) is 4.11. The van der Waals surface area contributed by atoms with Crippen molar-refractivity contribution in [3.63, 3.8) is 0 Å². The van der Waals surface area contributed by atoms with Gasteiger partial charge in [0.1, 0.15) is 9.88 Å². The van der Waals surface area contributed by atoms with Gasteiger partial charge in [-0.15, -0.1) is 22.7 Å². The van der Waals surface area contributed by atoms with Crippen molar-refractivity contribution in [1.82, 2.24) is 15.0 Å². The van der Waals surface area contributed by atoms with E-state index < -0.39 is 0 Å². The molecule has 7 nitrogen and oxygen atoms in total. The van der Waals surface area contributed by atoms with Gasteiger partial charge in [-0.2, -0.15) is 0 Å². The maximum atomic E-state index is 12.7. The molecule has 0 fully saturated rings. The number of anilines is 2. The number of rotatable bonds is 5. The molecule has 0 aliphatic heterocycles. The van der Waals surface area contributed by atoms with Gasteiger partial charge in [-0.3, -0.25) is 19.9 Å². The van der Waals surface area contributed by atoms with E-state index in [0.717, 1.165) is 22.6 Å². The number of benzene rings is 1. The maximum Gasteiger partial charge on any atom is 0.269 e. The lowest BCUT2D eigenvalue weighted by Crippen LogP contribution is -2.11. The Morgan fingerprint density at radius 2 is 1.77 bits per heavy atom. The molecule has 150 valence electrons. The van der Waals surface area contributed by atoms with Gasteiger partial charge in [0.05, 0.1) is 17.1 Å². The molecule has 0 bridgehead atoms. The first-order valence-electron chi connectivity index (χ1n) is 9.03. The molecule has 0 atom stereocenters. The third kappa shape index (κ3) is 4.42. The van der Waals surface area contributed by atoms with Crippen LogP contribution in [0.3, 0.4) is 0 Å². The van der Waals surface area contributed by atoms with Crippen LogP contribution in [0.4, 0.5) is 10.8 Å². The van der Waals surface area contributed by atoms with Crippen molar-refractivity contribution >= 4 is 45.3 Å². The highest BCUT2D eigenvalue weighted by Crippen LogP contribution is 2.29. The molecule has 30 heavy (non-hydrogen) atoms. The Labute approximate surface area is 180 Å². The molecule has 4 aromatic rings. The molecular weight excluding hydrogens is 418 g/mol. The van der Waals surface area contributed by atoms with Gasteiger partial charge in [0.15, 0.2) is 5.13 Å². The Kier molecular flexibility index (Phi) is 5.64. The van der Waals surface area contributed by atoms with Gasteiger partial charge < -0.3 is 5.32 Å². The molecule has 1 aromatic carbocycles. The summed E-state index contributed by atoms with van der Waals surface area (Å²) >= 11 is 2.66. The number of amides is 2. The normalized spacial score (nSPS) is 10.6. The van der Waals surface area contributed by atoms with Crippen molar-refractivity contribution in [2.24, 2.45) is 0 Å². The van der Waals surface area contributed by atoms with E-state index in [4.69, 9.17) is 0 Å². The van der Waals surface area contributed by atoms with Gasteiger partial charge in [0.2, 0.25) is 5.91 Å². The van der Waals surface area contributed by atoms with Gasteiger partial charge in [0.25, 0.3) is 5.91 Å². The summed E-state index contributed by atoms with van der Waals surface area (Å²) in [6.45, 7) is 3.27. The lowest BCUT2D eigenvalue weighted by atomic mass is 10.1. The second-order valence-corrected chi connectivity index (χ2v) is 8.26. The first-order chi connectivity index (χ1) is 14.5. The predicted octanol–water partition coefficient (Wildman–Crippen LogP) is 4.85. The van der Waals surface area contributed by atoms with Crippen LogP contribution in [-0.4, -0.2) is 26.8 Å². The molecule has 0 saturated heterocycles. The minimum Gasteiger partial charge on any atom is -0.326 e. The number of nitrogens with zero attached hydrogens (tertiary/aromatic N) is 3. The molecule has 0 aliphatic carbocycles. The van der Waals surface area contributed by atoms with Gasteiger partial charge >= 0.3 is 0 Å². The topological polar surface area (TPSA) is 96.9 Å². The van der Waals surface area contributed by atoms with Crippen molar-refractivity contribution in [3.05, 3.63) is 64.6 Å². The van der Waals surface area contributed by atoms with Crippen LogP contribution in [0.1, 0.15) is 22.3 Å². The zero-order valence-corrected chi connectivity index (χ0v) is 17.8. The Bertz CT molecular complexity index is 1200. The number of aromatic nitrogens is 3. The highest BCUT2D eigenvalue weighted by molar-refractivity contribution is 7.17. The summed E-state index contributed by atoms with van der Waals surface area (Å²) in [5.74, 6) is -0.361. The van der Waals surface area contributed by atoms with Crippen LogP contribution in [0.15, 0.2) is 54.0 Å². The summed E-state index contributed by atoms with van der Waals surface area (Å²) in [6.07, 6.45) is 1.70. The lowest BCUT2D eigenvalue weighted by molar-refractivity contribution is -0.114. The first-order valence-corrected chi connectivity index (χ1v) is 10.7. The summed E-state index contributed by atoms with van der Waals surface area (Å²) in [5, 5.41) is 8.67. The fourth-order valence-corrected chi connectivity index (χ4v) is 4.40. The SMILES string of the molecule is CC(=O)Nc1ccc(-c2csc(NC(=O)c3sc(-c4ccccn4)nc3C)n2)cc1. The lowest BCUT2D eigenvalue weighted by Gasteiger charge is -2.03. The Morgan fingerprint density at radius 3 is 2.47 bits per heavy atom. The zero-order valence-electron chi connectivity index (χ0n) is 16.2. The van der Waals surface area contributed by atoms with E-state index in [1.165, 1.54) is 29.6 Å². The van der Waals surface area contributed by atoms with Crippen molar-refractivity contribution in [2.45, 2.75) is 13.8 Å². The Morgan fingerprint density at radius 1 is 0.967 bits per heavy atom. The fraction of sp³-hybridized carbons (Fsp3) is 0.0952. The average Bonchev–Trinajstić information content (AvgIpc) is 3.35. The molecule has 0 saturated carbocycles. The van der Waals surface area contributed by atoms with Gasteiger partial charge in [-0.05, 0) is 31.2 Å². The number of hydrogen-bond donors (Lipinski definition) is 2. The van der Waals surface area contributed by atoms with Crippen LogP contribution < -0.4 is 10.6 Å². The maximum absolute atomic E-state index is 12.7. The van der Waals surface area contributed by atoms with E-state index in [2.05, 4.69) is 25.6 Å². The monoisotopic (exact) mass is 435 g/mol. The number of carbonyl (C=O) groups excluding carboxylic acids is 2. The number of pyridine rings is 1. The van der Waals surface area contributed by atoms with Crippen LogP contribution in [0.5, 0.6) is 0 Å². The van der Waals surface area contributed by atoms with E-state index in [0.29, 0.717) is 20.7 Å². The van der Waals surface area contributed by atoms with Crippen LogP contribution in [0.2, 0.25) is 0 Å². The number of thiazole rings is 2. The molecule has 0 radical (unpaired) electrons. The van der Waals surface area contributed by atoms with Gasteiger partial charge in [0, 0.05) is 29.8 Å². The number of carbonyl (C=O) groups is 2. The summed E-state index contributed by atoms with van der Waals surface area (Å²) in [6, 6.07) is 13.0. The number of aryl methyl sites for hydroxylation is 1. The van der Waals surface area contributed by atoms with Gasteiger partial charge in [-0.1, -0.05) is 18.2 Å². The van der Waals surface area contributed by atoms with Crippen LogP contribution in [0.25, 0.3) is 22.0 Å². The van der Waals surface area contributed by atoms with E-state index in [-0.39, 0.29) is 11.8 Å². The zero-order chi connectivity index (χ0) is 21.1.